The zero-order valence-electron chi connectivity index (χ0n) is 13.4. The van der Waals surface area contributed by atoms with Crippen LogP contribution in [0.3, 0.4) is 0 Å². The van der Waals surface area contributed by atoms with E-state index < -0.39 is 0 Å². The van der Waals surface area contributed by atoms with E-state index in [4.69, 9.17) is 0 Å². The molecular weight excluding hydrogens is 234 g/mol. The monoisotopic (exact) mass is 267 g/mol. The summed E-state index contributed by atoms with van der Waals surface area (Å²) in [6, 6.07) is 1.33. The highest BCUT2D eigenvalue weighted by Crippen LogP contribution is 2.41. The van der Waals surface area contributed by atoms with E-state index in [0.29, 0.717) is 11.5 Å². The average molecular weight is 267 g/mol. The third-order valence-corrected chi connectivity index (χ3v) is 5.58. The Kier molecular flexibility index (Phi) is 4.94. The van der Waals surface area contributed by atoms with Gasteiger partial charge in [-0.3, -0.25) is 0 Å². The lowest BCUT2D eigenvalue weighted by Gasteiger charge is -2.48. The lowest BCUT2D eigenvalue weighted by molar-refractivity contribution is -0.0224. The van der Waals surface area contributed by atoms with Gasteiger partial charge in [-0.25, -0.2) is 0 Å². The molecule has 0 aliphatic heterocycles. The largest absolute Gasteiger partial charge is 0.393 e. The van der Waals surface area contributed by atoms with Crippen molar-refractivity contribution in [3.8, 4) is 0 Å². The van der Waals surface area contributed by atoms with E-state index in [1.807, 2.05) is 0 Å². The Morgan fingerprint density at radius 2 is 1.58 bits per heavy atom. The minimum Gasteiger partial charge on any atom is -0.393 e. The number of rotatable bonds is 2. The summed E-state index contributed by atoms with van der Waals surface area (Å²) in [4.78, 5) is 2.64. The third kappa shape index (κ3) is 3.72. The smallest absolute Gasteiger partial charge is 0.0555 e. The SMILES string of the molecule is CN(C1CCCCC1)C1CC(O)CCC1C(C)(C)C. The fourth-order valence-electron chi connectivity index (χ4n) is 4.34. The van der Waals surface area contributed by atoms with E-state index in [1.165, 1.54) is 38.5 Å². The minimum atomic E-state index is -0.0744. The van der Waals surface area contributed by atoms with Gasteiger partial charge in [0, 0.05) is 12.1 Å². The lowest BCUT2D eigenvalue weighted by Crippen LogP contribution is -2.52. The molecule has 1 N–H and O–H groups in total. The van der Waals surface area contributed by atoms with Crippen LogP contribution in [0.1, 0.15) is 72.1 Å². The van der Waals surface area contributed by atoms with Crippen LogP contribution < -0.4 is 0 Å². The molecule has 2 heteroatoms. The maximum absolute atomic E-state index is 10.1. The van der Waals surface area contributed by atoms with Gasteiger partial charge in [0.2, 0.25) is 0 Å². The predicted octanol–water partition coefficient (Wildman–Crippen LogP) is 3.83. The van der Waals surface area contributed by atoms with Crippen molar-refractivity contribution in [2.45, 2.75) is 90.3 Å². The summed E-state index contributed by atoms with van der Waals surface area (Å²) < 4.78 is 0. The van der Waals surface area contributed by atoms with E-state index in [2.05, 4.69) is 32.7 Å². The van der Waals surface area contributed by atoms with Gasteiger partial charge >= 0.3 is 0 Å². The van der Waals surface area contributed by atoms with Gasteiger partial charge in [-0.15, -0.1) is 0 Å². The zero-order valence-corrected chi connectivity index (χ0v) is 13.4. The zero-order chi connectivity index (χ0) is 14.0. The van der Waals surface area contributed by atoms with Gasteiger partial charge in [-0.05, 0) is 50.5 Å². The quantitative estimate of drug-likeness (QED) is 0.822. The highest BCUT2D eigenvalue weighted by molar-refractivity contribution is 4.93. The van der Waals surface area contributed by atoms with E-state index in [-0.39, 0.29) is 6.10 Å². The summed E-state index contributed by atoms with van der Waals surface area (Å²) in [5.41, 5.74) is 0.355. The molecule has 0 spiro atoms. The van der Waals surface area contributed by atoms with Gasteiger partial charge in [0.15, 0.2) is 0 Å². The van der Waals surface area contributed by atoms with E-state index >= 15 is 0 Å². The predicted molar refractivity (Wildman–Crippen MR) is 81.2 cm³/mol. The van der Waals surface area contributed by atoms with Gasteiger partial charge in [0.1, 0.15) is 0 Å². The molecule has 2 nitrogen and oxygen atoms in total. The van der Waals surface area contributed by atoms with Gasteiger partial charge in [-0.1, -0.05) is 40.0 Å². The van der Waals surface area contributed by atoms with Crippen LogP contribution in [0.25, 0.3) is 0 Å². The van der Waals surface area contributed by atoms with Crippen LogP contribution in [0, 0.1) is 11.3 Å². The first kappa shape index (κ1) is 15.3. The summed E-state index contributed by atoms with van der Waals surface area (Å²) in [6.07, 6.45) is 10.0. The second-order valence-electron chi connectivity index (χ2n) is 7.96. The van der Waals surface area contributed by atoms with Crippen LogP contribution in [-0.2, 0) is 0 Å². The van der Waals surface area contributed by atoms with Crippen LogP contribution >= 0.6 is 0 Å². The number of nitrogens with zero attached hydrogens (tertiary/aromatic N) is 1. The molecule has 0 amide bonds. The molecule has 2 rings (SSSR count). The molecule has 2 saturated carbocycles. The second kappa shape index (κ2) is 6.13. The Balaban J connectivity index is 2.07. The van der Waals surface area contributed by atoms with E-state index in [0.717, 1.165) is 24.8 Å². The molecule has 19 heavy (non-hydrogen) atoms. The lowest BCUT2D eigenvalue weighted by atomic mass is 9.68. The number of aliphatic hydroxyl groups is 1. The first-order valence-corrected chi connectivity index (χ1v) is 8.29. The van der Waals surface area contributed by atoms with Crippen LogP contribution in [-0.4, -0.2) is 35.2 Å². The van der Waals surface area contributed by atoms with Crippen molar-refractivity contribution in [3.05, 3.63) is 0 Å². The molecule has 3 atom stereocenters. The Labute approximate surface area is 119 Å². The van der Waals surface area contributed by atoms with Crippen LogP contribution in [0.4, 0.5) is 0 Å². The average Bonchev–Trinajstić information content (AvgIpc) is 2.37. The standard InChI is InChI=1S/C17H33NO/c1-17(2,3)15-11-10-14(19)12-16(15)18(4)13-8-6-5-7-9-13/h13-16,19H,5-12H2,1-4H3. The molecule has 0 bridgehead atoms. The molecule has 2 fully saturated rings. The van der Waals surface area contributed by atoms with Crippen molar-refractivity contribution in [2.75, 3.05) is 7.05 Å². The summed E-state index contributed by atoms with van der Waals surface area (Å²) >= 11 is 0. The van der Waals surface area contributed by atoms with Crippen molar-refractivity contribution in [3.63, 3.8) is 0 Å². The topological polar surface area (TPSA) is 23.5 Å². The van der Waals surface area contributed by atoms with Crippen molar-refractivity contribution >= 4 is 0 Å². The van der Waals surface area contributed by atoms with Crippen molar-refractivity contribution in [1.82, 2.24) is 4.90 Å². The van der Waals surface area contributed by atoms with Crippen LogP contribution in [0.5, 0.6) is 0 Å². The number of hydrogen-bond acceptors (Lipinski definition) is 2. The molecule has 0 aromatic rings. The molecule has 112 valence electrons. The van der Waals surface area contributed by atoms with E-state index in [1.54, 1.807) is 0 Å². The molecule has 2 aliphatic carbocycles. The molecule has 0 aromatic heterocycles. The first-order valence-electron chi connectivity index (χ1n) is 8.29. The van der Waals surface area contributed by atoms with E-state index in [9.17, 15) is 5.11 Å². The Hall–Kier alpha value is -0.0800. The highest BCUT2D eigenvalue weighted by Gasteiger charge is 2.40. The fourth-order valence-corrected chi connectivity index (χ4v) is 4.34. The van der Waals surface area contributed by atoms with Crippen LogP contribution in [0.15, 0.2) is 0 Å². The molecule has 0 radical (unpaired) electrons. The summed E-state index contributed by atoms with van der Waals surface area (Å²) in [5, 5.41) is 10.1. The van der Waals surface area contributed by atoms with Gasteiger partial charge in [0.05, 0.1) is 6.10 Å². The second-order valence-corrected chi connectivity index (χ2v) is 7.96. The normalized spacial score (nSPS) is 34.7. The van der Waals surface area contributed by atoms with Gasteiger partial charge in [0.25, 0.3) is 0 Å². The summed E-state index contributed by atoms with van der Waals surface area (Å²) in [5.74, 6) is 0.725. The van der Waals surface area contributed by atoms with Gasteiger partial charge < -0.3 is 10.0 Å². The summed E-state index contributed by atoms with van der Waals surface area (Å²) in [7, 11) is 2.32. The molecule has 3 unspecified atom stereocenters. The molecule has 0 saturated heterocycles. The Bertz CT molecular complexity index is 277. The van der Waals surface area contributed by atoms with Crippen LogP contribution in [0.2, 0.25) is 0 Å². The fraction of sp³-hybridized carbons (Fsp3) is 1.00. The van der Waals surface area contributed by atoms with Gasteiger partial charge in [-0.2, -0.15) is 0 Å². The molecule has 0 aromatic carbocycles. The first-order chi connectivity index (χ1) is 8.89. The van der Waals surface area contributed by atoms with Crippen molar-refractivity contribution in [1.29, 1.82) is 0 Å². The highest BCUT2D eigenvalue weighted by atomic mass is 16.3. The molecule has 2 aliphatic rings. The summed E-state index contributed by atoms with van der Waals surface area (Å²) in [6.45, 7) is 7.12. The Morgan fingerprint density at radius 3 is 2.16 bits per heavy atom. The Morgan fingerprint density at radius 1 is 0.947 bits per heavy atom. The molecule has 0 heterocycles. The number of aliphatic hydroxyl groups excluding tert-OH is 1. The third-order valence-electron chi connectivity index (χ3n) is 5.58. The molecular formula is C17H33NO. The maximum Gasteiger partial charge on any atom is 0.0555 e. The minimum absolute atomic E-state index is 0.0744. The van der Waals surface area contributed by atoms with Crippen molar-refractivity contribution < 1.29 is 5.11 Å². The van der Waals surface area contributed by atoms with Crippen molar-refractivity contribution in [2.24, 2.45) is 11.3 Å². The maximum atomic E-state index is 10.1. The number of hydrogen-bond donors (Lipinski definition) is 1.